The summed E-state index contributed by atoms with van der Waals surface area (Å²) in [4.78, 5) is 2.31. The number of benzene rings is 8. The number of fused-ring (bicyclic) bond motifs is 8. The zero-order chi connectivity index (χ0) is 33.0. The molecular formula is C47H31NOS. The highest BCUT2D eigenvalue weighted by atomic mass is 32.1. The molecule has 0 saturated heterocycles. The average molecular weight is 658 g/mol. The summed E-state index contributed by atoms with van der Waals surface area (Å²) in [7, 11) is 0. The number of thiophene rings is 1. The average Bonchev–Trinajstić information content (AvgIpc) is 3.74. The highest BCUT2D eigenvalue weighted by molar-refractivity contribution is 7.25. The van der Waals surface area contributed by atoms with Crippen molar-refractivity contribution in [2.45, 2.75) is 5.92 Å². The van der Waals surface area contributed by atoms with Gasteiger partial charge >= 0.3 is 0 Å². The molecule has 0 aliphatic rings. The SMILES string of the molecule is c1ccc(C(c2ccc3c(c2)sc2ccccc23)c2cc3oc4ccc(N(c5ccccc5)c5ccccc5)cc4c3c3ccccc23)cc1. The van der Waals surface area contributed by atoms with Crippen LogP contribution in [0.25, 0.3) is 52.9 Å². The first-order valence-electron chi connectivity index (χ1n) is 17.0. The minimum atomic E-state index is 0.0236. The van der Waals surface area contributed by atoms with Gasteiger partial charge in [0.25, 0.3) is 0 Å². The second-order valence-corrected chi connectivity index (χ2v) is 14.0. The molecule has 50 heavy (non-hydrogen) atoms. The van der Waals surface area contributed by atoms with Crippen LogP contribution in [0.3, 0.4) is 0 Å². The van der Waals surface area contributed by atoms with Crippen molar-refractivity contribution in [3.63, 3.8) is 0 Å². The van der Waals surface area contributed by atoms with Gasteiger partial charge in [-0.1, -0.05) is 121 Å². The number of rotatable bonds is 6. The van der Waals surface area contributed by atoms with E-state index in [9.17, 15) is 0 Å². The van der Waals surface area contributed by atoms with Crippen molar-refractivity contribution >= 4 is 81.3 Å². The molecule has 1 atom stereocenters. The molecule has 0 spiro atoms. The Bertz CT molecular complexity index is 2780. The molecule has 0 fully saturated rings. The lowest BCUT2D eigenvalue weighted by atomic mass is 9.82. The summed E-state index contributed by atoms with van der Waals surface area (Å²) >= 11 is 1.87. The molecule has 2 aromatic heterocycles. The van der Waals surface area contributed by atoms with Gasteiger partial charge in [-0.25, -0.2) is 0 Å². The minimum Gasteiger partial charge on any atom is -0.456 e. The zero-order valence-electron chi connectivity index (χ0n) is 27.2. The van der Waals surface area contributed by atoms with E-state index >= 15 is 0 Å². The summed E-state index contributed by atoms with van der Waals surface area (Å²) in [5.41, 5.74) is 8.88. The number of hydrogen-bond acceptors (Lipinski definition) is 3. The second kappa shape index (κ2) is 11.8. The van der Waals surface area contributed by atoms with Crippen LogP contribution in [0.1, 0.15) is 22.6 Å². The topological polar surface area (TPSA) is 16.4 Å². The standard InChI is InChI=1S/C47H31NOS/c1-4-14-31(15-5-1)46(32-24-26-38-37-21-12-13-23-44(37)50-45(38)28-32)40-30-43-47(39-22-11-10-20-36(39)40)41-29-35(25-27-42(41)49-43)48(33-16-6-2-7-17-33)34-18-8-3-9-19-34/h1-30,46H. The van der Waals surface area contributed by atoms with Gasteiger partial charge in [-0.2, -0.15) is 0 Å². The molecule has 0 N–H and O–H groups in total. The molecule has 2 heterocycles. The number of anilines is 3. The lowest BCUT2D eigenvalue weighted by Gasteiger charge is -2.25. The Morgan fingerprint density at radius 2 is 1.02 bits per heavy atom. The van der Waals surface area contributed by atoms with Crippen LogP contribution in [0.2, 0.25) is 0 Å². The molecule has 2 nitrogen and oxygen atoms in total. The summed E-state index contributed by atoms with van der Waals surface area (Å²) in [6, 6.07) is 65.5. The van der Waals surface area contributed by atoms with Gasteiger partial charge < -0.3 is 9.32 Å². The molecule has 1 unspecified atom stereocenters. The van der Waals surface area contributed by atoms with E-state index < -0.39 is 0 Å². The predicted molar refractivity (Wildman–Crippen MR) is 213 cm³/mol. The molecule has 0 bridgehead atoms. The molecular weight excluding hydrogens is 627 g/mol. The van der Waals surface area contributed by atoms with E-state index in [4.69, 9.17) is 4.42 Å². The van der Waals surface area contributed by atoms with Gasteiger partial charge in [0.2, 0.25) is 0 Å². The quantitative estimate of drug-likeness (QED) is 0.165. The Morgan fingerprint density at radius 1 is 0.400 bits per heavy atom. The number of para-hydroxylation sites is 2. The van der Waals surface area contributed by atoms with E-state index in [1.54, 1.807) is 0 Å². The molecule has 10 aromatic rings. The van der Waals surface area contributed by atoms with Crippen molar-refractivity contribution < 1.29 is 4.42 Å². The van der Waals surface area contributed by atoms with Crippen LogP contribution in [-0.4, -0.2) is 0 Å². The van der Waals surface area contributed by atoms with Crippen LogP contribution in [0.4, 0.5) is 17.1 Å². The monoisotopic (exact) mass is 657 g/mol. The Kier molecular flexibility index (Phi) is 6.78. The van der Waals surface area contributed by atoms with Gasteiger partial charge in [0.05, 0.1) is 0 Å². The highest BCUT2D eigenvalue weighted by Crippen LogP contribution is 2.45. The summed E-state index contributed by atoms with van der Waals surface area (Å²) in [5.74, 6) is 0.0236. The van der Waals surface area contributed by atoms with E-state index in [-0.39, 0.29) is 5.92 Å². The molecule has 8 aromatic carbocycles. The smallest absolute Gasteiger partial charge is 0.136 e. The van der Waals surface area contributed by atoms with Gasteiger partial charge in [0.15, 0.2) is 0 Å². The van der Waals surface area contributed by atoms with Gasteiger partial charge in [0, 0.05) is 53.9 Å². The molecule has 0 amide bonds. The van der Waals surface area contributed by atoms with Crippen molar-refractivity contribution in [1.82, 2.24) is 0 Å². The minimum absolute atomic E-state index is 0.0236. The molecule has 0 aliphatic carbocycles. The lowest BCUT2D eigenvalue weighted by Crippen LogP contribution is -2.09. The van der Waals surface area contributed by atoms with Gasteiger partial charge in [-0.15, -0.1) is 11.3 Å². The fourth-order valence-electron chi connectivity index (χ4n) is 7.75. The Hall–Kier alpha value is -6.16. The van der Waals surface area contributed by atoms with E-state index in [0.717, 1.165) is 39.0 Å². The first-order valence-corrected chi connectivity index (χ1v) is 17.9. The van der Waals surface area contributed by atoms with Gasteiger partial charge in [0.1, 0.15) is 11.2 Å². The third-order valence-corrected chi connectivity index (χ3v) is 11.1. The third kappa shape index (κ3) is 4.70. The van der Waals surface area contributed by atoms with Gasteiger partial charge in [-0.3, -0.25) is 0 Å². The van der Waals surface area contributed by atoms with E-state index in [0.29, 0.717) is 0 Å². The molecule has 236 valence electrons. The summed E-state index contributed by atoms with van der Waals surface area (Å²) < 4.78 is 9.40. The summed E-state index contributed by atoms with van der Waals surface area (Å²) in [6.45, 7) is 0. The first-order chi connectivity index (χ1) is 24.8. The fraction of sp³-hybridized carbons (Fsp3) is 0.0213. The maximum Gasteiger partial charge on any atom is 0.136 e. The summed E-state index contributed by atoms with van der Waals surface area (Å²) in [6.07, 6.45) is 0. The Labute approximate surface area is 294 Å². The Balaban J connectivity index is 1.20. The highest BCUT2D eigenvalue weighted by Gasteiger charge is 2.24. The largest absolute Gasteiger partial charge is 0.456 e. The first kappa shape index (κ1) is 28.8. The fourth-order valence-corrected chi connectivity index (χ4v) is 8.91. The molecule has 0 radical (unpaired) electrons. The molecule has 3 heteroatoms. The van der Waals surface area contributed by atoms with Crippen LogP contribution in [-0.2, 0) is 0 Å². The van der Waals surface area contributed by atoms with Crippen molar-refractivity contribution in [1.29, 1.82) is 0 Å². The van der Waals surface area contributed by atoms with Crippen LogP contribution in [0, 0.1) is 0 Å². The maximum absolute atomic E-state index is 6.76. The van der Waals surface area contributed by atoms with Gasteiger partial charge in [-0.05, 0) is 88.1 Å². The second-order valence-electron chi connectivity index (χ2n) is 12.9. The van der Waals surface area contributed by atoms with Crippen molar-refractivity contribution in [3.05, 3.63) is 199 Å². The third-order valence-electron chi connectivity index (χ3n) is 9.96. The van der Waals surface area contributed by atoms with Crippen LogP contribution in [0.5, 0.6) is 0 Å². The predicted octanol–water partition coefficient (Wildman–Crippen LogP) is 13.8. The molecule has 0 aliphatic heterocycles. The number of hydrogen-bond donors (Lipinski definition) is 0. The normalized spacial score (nSPS) is 12.3. The summed E-state index contributed by atoms with van der Waals surface area (Å²) in [5, 5.41) is 7.33. The Morgan fingerprint density at radius 3 is 1.76 bits per heavy atom. The zero-order valence-corrected chi connectivity index (χ0v) is 28.0. The van der Waals surface area contributed by atoms with Crippen LogP contribution >= 0.6 is 11.3 Å². The van der Waals surface area contributed by atoms with Crippen molar-refractivity contribution in [2.75, 3.05) is 4.90 Å². The number of nitrogens with zero attached hydrogens (tertiary/aromatic N) is 1. The van der Waals surface area contributed by atoms with Crippen LogP contribution in [0.15, 0.2) is 186 Å². The van der Waals surface area contributed by atoms with Crippen molar-refractivity contribution in [3.8, 4) is 0 Å². The maximum atomic E-state index is 6.76. The van der Waals surface area contributed by atoms with Crippen molar-refractivity contribution in [2.24, 2.45) is 0 Å². The molecule has 10 rings (SSSR count). The molecule has 0 saturated carbocycles. The van der Waals surface area contributed by atoms with E-state index in [1.807, 2.05) is 11.3 Å². The number of furan rings is 1. The van der Waals surface area contributed by atoms with Crippen LogP contribution < -0.4 is 4.90 Å². The van der Waals surface area contributed by atoms with E-state index in [2.05, 4.69) is 187 Å². The lowest BCUT2D eigenvalue weighted by molar-refractivity contribution is 0.668. The van der Waals surface area contributed by atoms with E-state index in [1.165, 1.54) is 47.6 Å².